The van der Waals surface area contributed by atoms with Gasteiger partial charge in [0.2, 0.25) is 5.91 Å². The fraction of sp³-hybridized carbons (Fsp3) is 0.267. The van der Waals surface area contributed by atoms with E-state index in [4.69, 9.17) is 11.6 Å². The van der Waals surface area contributed by atoms with Gasteiger partial charge < -0.3 is 14.7 Å². The minimum absolute atomic E-state index is 0.127. The lowest BCUT2D eigenvalue weighted by molar-refractivity contribution is -0.117. The number of carbonyl (C=O) groups excluding carboxylic acids is 1. The van der Waals surface area contributed by atoms with Crippen molar-refractivity contribution in [2.45, 2.75) is 12.8 Å². The maximum Gasteiger partial charge on any atom is 0.231 e. The van der Waals surface area contributed by atoms with Gasteiger partial charge in [-0.25, -0.2) is 0 Å². The van der Waals surface area contributed by atoms with Gasteiger partial charge in [-0.1, -0.05) is 48.0 Å². The van der Waals surface area contributed by atoms with Crippen LogP contribution in [0.3, 0.4) is 0 Å². The van der Waals surface area contributed by atoms with Crippen LogP contribution in [0.2, 0.25) is 5.02 Å². The zero-order valence-corrected chi connectivity index (χ0v) is 21.2. The van der Waals surface area contributed by atoms with Crippen molar-refractivity contribution in [1.29, 1.82) is 0 Å². The first-order valence-electron chi connectivity index (χ1n) is 12.6. The molecule has 2 aliphatic rings. The van der Waals surface area contributed by atoms with Crippen molar-refractivity contribution in [3.05, 3.63) is 89.2 Å². The van der Waals surface area contributed by atoms with Gasteiger partial charge in [-0.2, -0.15) is 0 Å². The van der Waals surface area contributed by atoms with E-state index in [1.165, 1.54) is 0 Å². The molecule has 5 nitrogen and oxygen atoms in total. The first-order chi connectivity index (χ1) is 17.6. The van der Waals surface area contributed by atoms with Crippen LogP contribution in [0.5, 0.6) is 0 Å². The van der Waals surface area contributed by atoms with Crippen molar-refractivity contribution >= 4 is 39.7 Å². The third kappa shape index (κ3) is 4.23. The number of carbonyl (C=O) groups is 1. The summed E-state index contributed by atoms with van der Waals surface area (Å²) >= 11 is 6.70. The Labute approximate surface area is 216 Å². The molecule has 0 radical (unpaired) electrons. The third-order valence-corrected chi connectivity index (χ3v) is 7.84. The van der Waals surface area contributed by atoms with Crippen LogP contribution in [-0.2, 0) is 17.6 Å². The zero-order chi connectivity index (χ0) is 24.6. The quantitative estimate of drug-likeness (QED) is 0.377. The van der Waals surface area contributed by atoms with Crippen LogP contribution in [0.25, 0.3) is 21.9 Å². The molecule has 0 bridgehead atoms. The van der Waals surface area contributed by atoms with E-state index in [2.05, 4.69) is 64.3 Å². The fourth-order valence-electron chi connectivity index (χ4n) is 5.50. The van der Waals surface area contributed by atoms with E-state index >= 15 is 0 Å². The molecule has 36 heavy (non-hydrogen) atoms. The number of benzene rings is 3. The maximum atomic E-state index is 13.7. The van der Waals surface area contributed by atoms with Crippen molar-refractivity contribution < 1.29 is 4.79 Å². The third-order valence-electron chi connectivity index (χ3n) is 7.54. The Morgan fingerprint density at radius 3 is 2.42 bits per heavy atom. The highest BCUT2D eigenvalue weighted by atomic mass is 35.5. The number of fused-ring (bicyclic) bond motifs is 2. The number of aromatic nitrogens is 1. The maximum absolute atomic E-state index is 13.7. The average Bonchev–Trinajstić information content (AvgIpc) is 3.32. The van der Waals surface area contributed by atoms with Gasteiger partial charge in [0.05, 0.1) is 17.1 Å². The Balaban J connectivity index is 1.30. The van der Waals surface area contributed by atoms with Crippen LogP contribution in [0.4, 0.5) is 11.4 Å². The molecule has 3 aromatic carbocycles. The number of hydrogen-bond donors (Lipinski definition) is 0. The summed E-state index contributed by atoms with van der Waals surface area (Å²) in [5.41, 5.74) is 6.54. The Hall–Kier alpha value is -3.41. The number of piperazine rings is 1. The van der Waals surface area contributed by atoms with Crippen LogP contribution >= 0.6 is 11.6 Å². The van der Waals surface area contributed by atoms with Gasteiger partial charge in [-0.05, 0) is 70.8 Å². The molecule has 0 spiro atoms. The highest BCUT2D eigenvalue weighted by molar-refractivity contribution is 6.33. The van der Waals surface area contributed by atoms with E-state index in [1.54, 1.807) is 0 Å². The second kappa shape index (κ2) is 9.57. The van der Waals surface area contributed by atoms with Crippen molar-refractivity contribution in [1.82, 2.24) is 9.88 Å². The van der Waals surface area contributed by atoms with E-state index < -0.39 is 0 Å². The zero-order valence-electron chi connectivity index (χ0n) is 20.5. The minimum Gasteiger partial charge on any atom is -0.368 e. The molecule has 0 atom stereocenters. The molecule has 0 N–H and O–H groups in total. The number of halogens is 1. The number of anilines is 2. The van der Waals surface area contributed by atoms with E-state index in [-0.39, 0.29) is 5.91 Å². The Morgan fingerprint density at radius 2 is 1.64 bits per heavy atom. The molecule has 1 fully saturated rings. The molecule has 0 unspecified atom stereocenters. The molecule has 0 aliphatic carbocycles. The Morgan fingerprint density at radius 1 is 0.889 bits per heavy atom. The summed E-state index contributed by atoms with van der Waals surface area (Å²) in [5, 5.41) is 3.05. The standard InChI is InChI=1S/C30H29ClN4O/c1-33-14-16-34(17-15-33)29-20-28-23(18-27(29)31)10-13-35(28)30(36)19-22-6-7-25(21-8-11-32-12-9-21)26-5-3-2-4-24(22)26/h2-9,11-12,18,20H,10,13-17,19H2,1H3. The lowest BCUT2D eigenvalue weighted by atomic mass is 9.94. The number of rotatable bonds is 4. The minimum atomic E-state index is 0.127. The number of amides is 1. The van der Waals surface area contributed by atoms with Crippen molar-refractivity contribution in [2.75, 3.05) is 49.6 Å². The van der Waals surface area contributed by atoms with Gasteiger partial charge >= 0.3 is 0 Å². The van der Waals surface area contributed by atoms with Gasteiger partial charge in [0.15, 0.2) is 0 Å². The molecule has 4 aromatic rings. The monoisotopic (exact) mass is 496 g/mol. The topological polar surface area (TPSA) is 39.7 Å². The van der Waals surface area contributed by atoms with E-state index in [1.807, 2.05) is 35.5 Å². The normalized spacial score (nSPS) is 15.9. The second-order valence-corrected chi connectivity index (χ2v) is 10.2. The summed E-state index contributed by atoms with van der Waals surface area (Å²) in [4.78, 5) is 24.4. The summed E-state index contributed by atoms with van der Waals surface area (Å²) < 4.78 is 0. The number of hydrogen-bond acceptors (Lipinski definition) is 4. The molecule has 3 heterocycles. The largest absolute Gasteiger partial charge is 0.368 e. The summed E-state index contributed by atoms with van der Waals surface area (Å²) in [5.74, 6) is 0.127. The summed E-state index contributed by atoms with van der Waals surface area (Å²) in [6, 6.07) is 20.8. The molecule has 1 aromatic heterocycles. The van der Waals surface area contributed by atoms with Gasteiger partial charge in [-0.3, -0.25) is 9.78 Å². The lowest BCUT2D eigenvalue weighted by Crippen LogP contribution is -2.44. The summed E-state index contributed by atoms with van der Waals surface area (Å²) in [6.07, 6.45) is 4.83. The van der Waals surface area contributed by atoms with Crippen LogP contribution in [0.1, 0.15) is 11.1 Å². The molecule has 0 saturated carbocycles. The van der Waals surface area contributed by atoms with E-state index in [9.17, 15) is 4.79 Å². The lowest BCUT2D eigenvalue weighted by Gasteiger charge is -2.35. The smallest absolute Gasteiger partial charge is 0.231 e. The summed E-state index contributed by atoms with van der Waals surface area (Å²) in [7, 11) is 2.15. The van der Waals surface area contributed by atoms with Crippen LogP contribution in [0, 0.1) is 0 Å². The summed E-state index contributed by atoms with van der Waals surface area (Å²) in [6.45, 7) is 4.61. The van der Waals surface area contributed by atoms with Gasteiger partial charge in [0.25, 0.3) is 0 Å². The predicted octanol–water partition coefficient (Wildman–Crippen LogP) is 5.44. The van der Waals surface area contributed by atoms with E-state index in [0.717, 1.165) is 82.0 Å². The first kappa shape index (κ1) is 23.0. The molecule has 182 valence electrons. The Kier molecular flexibility index (Phi) is 6.12. The fourth-order valence-corrected chi connectivity index (χ4v) is 5.81. The van der Waals surface area contributed by atoms with Gasteiger partial charge in [0.1, 0.15) is 0 Å². The highest BCUT2D eigenvalue weighted by Gasteiger charge is 2.28. The number of nitrogens with zero attached hydrogens (tertiary/aromatic N) is 4. The first-order valence-corrected chi connectivity index (χ1v) is 12.9. The van der Waals surface area contributed by atoms with Crippen LogP contribution in [0.15, 0.2) is 73.1 Å². The van der Waals surface area contributed by atoms with Crippen molar-refractivity contribution in [2.24, 2.45) is 0 Å². The van der Waals surface area contributed by atoms with Crippen LogP contribution < -0.4 is 9.80 Å². The molecular formula is C30H29ClN4O. The molecule has 1 amide bonds. The second-order valence-electron chi connectivity index (χ2n) is 9.75. The number of pyridine rings is 1. The van der Waals surface area contributed by atoms with Crippen molar-refractivity contribution in [3.8, 4) is 11.1 Å². The molecule has 6 heteroatoms. The van der Waals surface area contributed by atoms with E-state index in [0.29, 0.717) is 13.0 Å². The average molecular weight is 497 g/mol. The molecule has 2 aliphatic heterocycles. The van der Waals surface area contributed by atoms with Crippen molar-refractivity contribution in [3.63, 3.8) is 0 Å². The molecule has 1 saturated heterocycles. The van der Waals surface area contributed by atoms with Gasteiger partial charge in [0, 0.05) is 50.8 Å². The Bertz CT molecular complexity index is 1430. The molecular weight excluding hydrogens is 468 g/mol. The highest BCUT2D eigenvalue weighted by Crippen LogP contribution is 2.39. The number of likely N-dealkylation sites (N-methyl/N-ethyl adjacent to an activating group) is 1. The molecule has 6 rings (SSSR count). The predicted molar refractivity (Wildman–Crippen MR) is 148 cm³/mol. The van der Waals surface area contributed by atoms with Crippen LogP contribution in [-0.4, -0.2) is 55.6 Å². The SMILES string of the molecule is CN1CCN(c2cc3c(cc2Cl)CCN3C(=O)Cc2ccc(-c3ccncc3)c3ccccc23)CC1. The van der Waals surface area contributed by atoms with Gasteiger partial charge in [-0.15, -0.1) is 0 Å².